The molecule has 0 radical (unpaired) electrons. The molecular formula is C29H30FNO3. The summed E-state index contributed by atoms with van der Waals surface area (Å²) < 4.78 is 26.1. The number of benzene rings is 3. The molecule has 34 heavy (non-hydrogen) atoms. The molecule has 0 saturated carbocycles. The van der Waals surface area contributed by atoms with E-state index in [1.807, 2.05) is 72.5 Å². The lowest BCUT2D eigenvalue weighted by Crippen LogP contribution is -2.52. The Kier molecular flexibility index (Phi) is 6.13. The van der Waals surface area contributed by atoms with E-state index in [9.17, 15) is 9.18 Å². The molecule has 2 fully saturated rings. The first-order valence-corrected chi connectivity index (χ1v) is 12.0. The summed E-state index contributed by atoms with van der Waals surface area (Å²) >= 11 is 0. The van der Waals surface area contributed by atoms with Gasteiger partial charge in [-0.2, -0.15) is 0 Å². The average Bonchev–Trinajstić information content (AvgIpc) is 3.27. The molecule has 2 aliphatic rings. The van der Waals surface area contributed by atoms with E-state index in [1.165, 1.54) is 6.07 Å². The Morgan fingerprint density at radius 3 is 2.09 bits per heavy atom. The smallest absolute Gasteiger partial charge is 0.237 e. The molecule has 5 rings (SSSR count). The molecule has 1 amide bonds. The molecule has 1 atom stereocenters. The maximum atomic E-state index is 14.0. The second kappa shape index (κ2) is 9.22. The third kappa shape index (κ3) is 4.21. The summed E-state index contributed by atoms with van der Waals surface area (Å²) in [5, 5.41) is 0. The quantitative estimate of drug-likeness (QED) is 0.516. The van der Waals surface area contributed by atoms with Crippen molar-refractivity contribution in [2.24, 2.45) is 0 Å². The largest absolute Gasteiger partial charge is 0.485 e. The summed E-state index contributed by atoms with van der Waals surface area (Å²) in [6.45, 7) is 3.71. The monoisotopic (exact) mass is 459 g/mol. The van der Waals surface area contributed by atoms with Crippen molar-refractivity contribution in [3.63, 3.8) is 0 Å². The molecule has 1 unspecified atom stereocenters. The standard InChI is InChI=1S/C29H30FNO3/c1-28(22-10-4-2-5-11-22,23-12-6-3-7-13-23)27(32)31-18-16-29(17-19-31)20-24(21-33-29)34-26-15-9-8-14-25(26)30/h2-15,24H,16-21H2,1H3. The molecule has 2 saturated heterocycles. The Hall–Kier alpha value is -3.18. The van der Waals surface area contributed by atoms with Crippen LogP contribution < -0.4 is 4.74 Å². The maximum absolute atomic E-state index is 14.0. The number of piperidine rings is 1. The summed E-state index contributed by atoms with van der Waals surface area (Å²) in [6, 6.07) is 26.5. The Bertz CT molecular complexity index is 1090. The lowest BCUT2D eigenvalue weighted by atomic mass is 9.74. The van der Waals surface area contributed by atoms with E-state index in [-0.39, 0.29) is 29.2 Å². The van der Waals surface area contributed by atoms with Crippen molar-refractivity contribution >= 4 is 5.91 Å². The first-order chi connectivity index (χ1) is 16.5. The van der Waals surface area contributed by atoms with E-state index in [0.29, 0.717) is 26.1 Å². The number of nitrogens with zero attached hydrogens (tertiary/aromatic N) is 1. The number of ether oxygens (including phenoxy) is 2. The molecule has 2 heterocycles. The van der Waals surface area contributed by atoms with Crippen molar-refractivity contribution < 1.29 is 18.7 Å². The SMILES string of the molecule is CC(C(=O)N1CCC2(CC1)CC(Oc1ccccc1F)CO2)(c1ccccc1)c1ccccc1. The van der Waals surface area contributed by atoms with Crippen LogP contribution in [0.15, 0.2) is 84.9 Å². The Morgan fingerprint density at radius 1 is 0.941 bits per heavy atom. The number of para-hydroxylation sites is 1. The lowest BCUT2D eigenvalue weighted by molar-refractivity contribution is -0.140. The summed E-state index contributed by atoms with van der Waals surface area (Å²) in [7, 11) is 0. The minimum atomic E-state index is -0.764. The second-order valence-corrected chi connectivity index (χ2v) is 9.52. The van der Waals surface area contributed by atoms with Crippen LogP contribution in [0.2, 0.25) is 0 Å². The van der Waals surface area contributed by atoms with Gasteiger partial charge in [0, 0.05) is 19.5 Å². The van der Waals surface area contributed by atoms with Crippen molar-refractivity contribution in [2.75, 3.05) is 19.7 Å². The minimum absolute atomic E-state index is 0.108. The Balaban J connectivity index is 1.29. The van der Waals surface area contributed by atoms with Crippen LogP contribution >= 0.6 is 0 Å². The third-order valence-corrected chi connectivity index (χ3v) is 7.40. The Labute approximate surface area is 200 Å². The van der Waals surface area contributed by atoms with Crippen molar-refractivity contribution in [3.05, 3.63) is 102 Å². The van der Waals surface area contributed by atoms with E-state index in [2.05, 4.69) is 0 Å². The van der Waals surface area contributed by atoms with Crippen molar-refractivity contribution in [1.82, 2.24) is 4.90 Å². The van der Waals surface area contributed by atoms with Crippen LogP contribution in [0.5, 0.6) is 5.75 Å². The van der Waals surface area contributed by atoms with Gasteiger partial charge >= 0.3 is 0 Å². The number of likely N-dealkylation sites (tertiary alicyclic amines) is 1. The topological polar surface area (TPSA) is 38.8 Å². The van der Waals surface area contributed by atoms with Crippen molar-refractivity contribution in [2.45, 2.75) is 43.3 Å². The van der Waals surface area contributed by atoms with Gasteiger partial charge in [0.1, 0.15) is 6.10 Å². The van der Waals surface area contributed by atoms with Gasteiger partial charge in [-0.05, 0) is 43.0 Å². The van der Waals surface area contributed by atoms with Gasteiger partial charge in [-0.3, -0.25) is 4.79 Å². The minimum Gasteiger partial charge on any atom is -0.485 e. The number of halogens is 1. The van der Waals surface area contributed by atoms with Crippen LogP contribution in [0.1, 0.15) is 37.3 Å². The van der Waals surface area contributed by atoms with Gasteiger partial charge in [-0.1, -0.05) is 72.8 Å². The molecule has 1 spiro atoms. The molecule has 5 heteroatoms. The highest BCUT2D eigenvalue weighted by atomic mass is 19.1. The summed E-state index contributed by atoms with van der Waals surface area (Å²) in [5.74, 6) is 0.0177. The van der Waals surface area contributed by atoms with Gasteiger partial charge in [-0.25, -0.2) is 4.39 Å². The maximum Gasteiger partial charge on any atom is 0.237 e. The fraction of sp³-hybridized carbons (Fsp3) is 0.345. The van der Waals surface area contributed by atoms with Crippen LogP contribution in [0.3, 0.4) is 0 Å². The molecule has 3 aromatic carbocycles. The van der Waals surface area contributed by atoms with Crippen molar-refractivity contribution in [1.29, 1.82) is 0 Å². The van der Waals surface area contributed by atoms with E-state index in [4.69, 9.17) is 9.47 Å². The summed E-state index contributed by atoms with van der Waals surface area (Å²) in [6.07, 6.45) is 2.02. The first-order valence-electron chi connectivity index (χ1n) is 12.0. The van der Waals surface area contributed by atoms with Gasteiger partial charge in [0.05, 0.1) is 17.6 Å². The second-order valence-electron chi connectivity index (χ2n) is 9.52. The van der Waals surface area contributed by atoms with Crippen LogP contribution in [0, 0.1) is 5.82 Å². The van der Waals surface area contributed by atoms with E-state index in [1.54, 1.807) is 18.2 Å². The highest BCUT2D eigenvalue weighted by Crippen LogP contribution is 2.40. The predicted octanol–water partition coefficient (Wildman–Crippen LogP) is 5.36. The number of hydrogen-bond acceptors (Lipinski definition) is 3. The molecule has 176 valence electrons. The number of carbonyl (C=O) groups is 1. The normalized spacial score (nSPS) is 19.8. The zero-order valence-corrected chi connectivity index (χ0v) is 19.5. The van der Waals surface area contributed by atoms with Crippen LogP contribution in [0.25, 0.3) is 0 Å². The van der Waals surface area contributed by atoms with Gasteiger partial charge in [0.15, 0.2) is 11.6 Å². The fourth-order valence-corrected chi connectivity index (χ4v) is 5.34. The molecule has 0 N–H and O–H groups in total. The average molecular weight is 460 g/mol. The molecule has 0 aliphatic carbocycles. The highest BCUT2D eigenvalue weighted by molar-refractivity contribution is 5.91. The van der Waals surface area contributed by atoms with E-state index in [0.717, 1.165) is 24.0 Å². The van der Waals surface area contributed by atoms with Gasteiger partial charge in [0.2, 0.25) is 5.91 Å². The van der Waals surface area contributed by atoms with Crippen LogP contribution in [-0.2, 0) is 14.9 Å². The van der Waals surface area contributed by atoms with E-state index < -0.39 is 5.41 Å². The van der Waals surface area contributed by atoms with Crippen molar-refractivity contribution in [3.8, 4) is 5.75 Å². The zero-order valence-electron chi connectivity index (χ0n) is 19.5. The van der Waals surface area contributed by atoms with Crippen LogP contribution in [-0.4, -0.2) is 42.2 Å². The van der Waals surface area contributed by atoms with Gasteiger partial charge in [0.25, 0.3) is 0 Å². The van der Waals surface area contributed by atoms with Gasteiger partial charge < -0.3 is 14.4 Å². The number of hydrogen-bond donors (Lipinski definition) is 0. The molecular weight excluding hydrogens is 429 g/mol. The third-order valence-electron chi connectivity index (χ3n) is 7.40. The summed E-state index contributed by atoms with van der Waals surface area (Å²) in [5.41, 5.74) is 0.895. The fourth-order valence-electron chi connectivity index (χ4n) is 5.34. The van der Waals surface area contributed by atoms with E-state index >= 15 is 0 Å². The summed E-state index contributed by atoms with van der Waals surface area (Å²) in [4.78, 5) is 16.0. The molecule has 0 bridgehead atoms. The molecule has 2 aliphatic heterocycles. The number of amides is 1. The highest BCUT2D eigenvalue weighted by Gasteiger charge is 2.47. The first kappa shape index (κ1) is 22.6. The molecule has 0 aromatic heterocycles. The Morgan fingerprint density at radius 2 is 1.50 bits per heavy atom. The molecule has 3 aromatic rings. The van der Waals surface area contributed by atoms with Gasteiger partial charge in [-0.15, -0.1) is 0 Å². The molecule has 4 nitrogen and oxygen atoms in total. The number of carbonyl (C=O) groups excluding carboxylic acids is 1. The van der Waals surface area contributed by atoms with Crippen LogP contribution in [0.4, 0.5) is 4.39 Å². The number of rotatable bonds is 5. The zero-order chi connectivity index (χ0) is 23.6. The predicted molar refractivity (Wildman–Crippen MR) is 129 cm³/mol. The lowest BCUT2D eigenvalue weighted by Gasteiger charge is -2.42.